The van der Waals surface area contributed by atoms with E-state index in [1.807, 2.05) is 10.8 Å². The number of likely N-dealkylation sites (tertiary alicyclic amines) is 1. The molecule has 0 spiro atoms. The van der Waals surface area contributed by atoms with E-state index in [-0.39, 0.29) is 17.3 Å². The molecule has 0 unspecified atom stereocenters. The summed E-state index contributed by atoms with van der Waals surface area (Å²) in [4.78, 5) is 28.1. The minimum atomic E-state index is -0.863. The van der Waals surface area contributed by atoms with Gasteiger partial charge in [-0.2, -0.15) is 0 Å². The lowest BCUT2D eigenvalue weighted by molar-refractivity contribution is -0.385. The van der Waals surface area contributed by atoms with Crippen molar-refractivity contribution in [2.75, 3.05) is 6.54 Å². The van der Waals surface area contributed by atoms with Crippen molar-refractivity contribution < 1.29 is 14.1 Å². The Kier molecular flexibility index (Phi) is 4.05. The van der Waals surface area contributed by atoms with Crippen LogP contribution in [0.1, 0.15) is 23.2 Å². The minimum absolute atomic E-state index is 0.0358. The fourth-order valence-electron chi connectivity index (χ4n) is 2.88. The number of nitro benzene ring substituents is 1. The number of non-ortho nitro benzene ring substituents is 1. The van der Waals surface area contributed by atoms with E-state index in [1.54, 1.807) is 17.4 Å². The van der Waals surface area contributed by atoms with Crippen LogP contribution in [-0.4, -0.2) is 37.9 Å². The van der Waals surface area contributed by atoms with Gasteiger partial charge in [0.1, 0.15) is 5.82 Å². The SMILES string of the molecule is O=C(c1ccc([N+](=O)[O-])cc1F)N1CCC[C@@H]1Cn1ccnc1. The molecule has 1 atom stereocenters. The third-order valence-corrected chi connectivity index (χ3v) is 4.01. The molecule has 1 aromatic heterocycles. The summed E-state index contributed by atoms with van der Waals surface area (Å²) < 4.78 is 15.9. The Morgan fingerprint density at radius 3 is 2.96 bits per heavy atom. The number of nitro groups is 1. The molecule has 120 valence electrons. The third-order valence-electron chi connectivity index (χ3n) is 4.01. The van der Waals surface area contributed by atoms with Crippen molar-refractivity contribution in [2.45, 2.75) is 25.4 Å². The molecule has 1 aliphatic heterocycles. The van der Waals surface area contributed by atoms with E-state index in [9.17, 15) is 19.3 Å². The average molecular weight is 318 g/mol. The van der Waals surface area contributed by atoms with E-state index in [0.29, 0.717) is 13.1 Å². The number of rotatable bonds is 4. The summed E-state index contributed by atoms with van der Waals surface area (Å²) in [5.74, 6) is -1.29. The average Bonchev–Trinajstić information content (AvgIpc) is 3.18. The molecule has 0 saturated carbocycles. The molecule has 1 saturated heterocycles. The Morgan fingerprint density at radius 2 is 2.30 bits per heavy atom. The number of carbonyl (C=O) groups is 1. The van der Waals surface area contributed by atoms with Crippen LogP contribution in [0, 0.1) is 15.9 Å². The quantitative estimate of drug-likeness (QED) is 0.639. The van der Waals surface area contributed by atoms with Crippen LogP contribution < -0.4 is 0 Å². The molecule has 2 heterocycles. The number of imidazole rings is 1. The Bertz CT molecular complexity index is 732. The highest BCUT2D eigenvalue weighted by Crippen LogP contribution is 2.24. The highest BCUT2D eigenvalue weighted by Gasteiger charge is 2.31. The minimum Gasteiger partial charge on any atom is -0.335 e. The number of nitrogens with zero attached hydrogens (tertiary/aromatic N) is 4. The van der Waals surface area contributed by atoms with Gasteiger partial charge in [-0.1, -0.05) is 0 Å². The number of hydrogen-bond acceptors (Lipinski definition) is 4. The normalized spacial score (nSPS) is 17.4. The highest BCUT2D eigenvalue weighted by molar-refractivity contribution is 5.95. The molecule has 23 heavy (non-hydrogen) atoms. The fourth-order valence-corrected chi connectivity index (χ4v) is 2.88. The van der Waals surface area contributed by atoms with Crippen molar-refractivity contribution in [3.63, 3.8) is 0 Å². The number of carbonyl (C=O) groups excluding carboxylic acids is 1. The first-order chi connectivity index (χ1) is 11.1. The molecule has 1 aliphatic rings. The number of hydrogen-bond donors (Lipinski definition) is 0. The highest BCUT2D eigenvalue weighted by atomic mass is 19.1. The van der Waals surface area contributed by atoms with E-state index in [0.717, 1.165) is 25.0 Å². The van der Waals surface area contributed by atoms with E-state index in [1.165, 1.54) is 6.07 Å². The summed E-state index contributed by atoms with van der Waals surface area (Å²) in [7, 11) is 0. The summed E-state index contributed by atoms with van der Waals surface area (Å²) in [6, 6.07) is 3.08. The topological polar surface area (TPSA) is 81.3 Å². The Labute approximate surface area is 131 Å². The van der Waals surface area contributed by atoms with E-state index in [4.69, 9.17) is 0 Å². The van der Waals surface area contributed by atoms with Crippen LogP contribution in [0.3, 0.4) is 0 Å². The smallest absolute Gasteiger partial charge is 0.272 e. The third kappa shape index (κ3) is 3.05. The predicted molar refractivity (Wildman–Crippen MR) is 79.3 cm³/mol. The maximum atomic E-state index is 14.1. The van der Waals surface area contributed by atoms with E-state index >= 15 is 0 Å². The molecule has 0 N–H and O–H groups in total. The van der Waals surface area contributed by atoms with Crippen molar-refractivity contribution in [1.29, 1.82) is 0 Å². The molecule has 7 nitrogen and oxygen atoms in total. The molecule has 3 rings (SSSR count). The van der Waals surface area contributed by atoms with Gasteiger partial charge in [0.2, 0.25) is 0 Å². The van der Waals surface area contributed by atoms with Crippen molar-refractivity contribution in [1.82, 2.24) is 14.5 Å². The van der Waals surface area contributed by atoms with Crippen LogP contribution in [0.5, 0.6) is 0 Å². The Morgan fingerprint density at radius 1 is 1.48 bits per heavy atom. The number of amides is 1. The second kappa shape index (κ2) is 6.15. The monoisotopic (exact) mass is 318 g/mol. The molecule has 1 aromatic carbocycles. The van der Waals surface area contributed by atoms with Crippen LogP contribution in [0.15, 0.2) is 36.9 Å². The maximum absolute atomic E-state index is 14.1. The lowest BCUT2D eigenvalue weighted by Crippen LogP contribution is -2.38. The van der Waals surface area contributed by atoms with Gasteiger partial charge >= 0.3 is 0 Å². The Hall–Kier alpha value is -2.77. The molecule has 8 heteroatoms. The lowest BCUT2D eigenvalue weighted by atomic mass is 10.1. The van der Waals surface area contributed by atoms with Crippen LogP contribution >= 0.6 is 0 Å². The number of aromatic nitrogens is 2. The van der Waals surface area contributed by atoms with Crippen LogP contribution in [0.25, 0.3) is 0 Å². The number of benzene rings is 1. The zero-order valence-corrected chi connectivity index (χ0v) is 12.3. The second-order valence-electron chi connectivity index (χ2n) is 5.48. The van der Waals surface area contributed by atoms with E-state index in [2.05, 4.69) is 4.98 Å². The predicted octanol–water partition coefficient (Wildman–Crippen LogP) is 2.24. The molecule has 0 bridgehead atoms. The summed E-state index contributed by atoms with van der Waals surface area (Å²) in [5.41, 5.74) is -0.497. The molecule has 1 amide bonds. The van der Waals surface area contributed by atoms with Crippen molar-refractivity contribution >= 4 is 11.6 Å². The molecule has 0 radical (unpaired) electrons. The van der Waals surface area contributed by atoms with Crippen LogP contribution in [-0.2, 0) is 6.54 Å². The summed E-state index contributed by atoms with van der Waals surface area (Å²) in [6.07, 6.45) is 6.83. The van der Waals surface area contributed by atoms with Gasteiger partial charge in [-0.15, -0.1) is 0 Å². The van der Waals surface area contributed by atoms with Gasteiger partial charge in [0.15, 0.2) is 0 Å². The van der Waals surface area contributed by atoms with Crippen LogP contribution in [0.2, 0.25) is 0 Å². The van der Waals surface area contributed by atoms with Crippen molar-refractivity contribution in [3.8, 4) is 0 Å². The van der Waals surface area contributed by atoms with Gasteiger partial charge in [0, 0.05) is 37.6 Å². The zero-order valence-electron chi connectivity index (χ0n) is 12.3. The first-order valence-electron chi connectivity index (χ1n) is 7.27. The second-order valence-corrected chi connectivity index (χ2v) is 5.48. The van der Waals surface area contributed by atoms with Gasteiger partial charge in [-0.05, 0) is 18.9 Å². The van der Waals surface area contributed by atoms with Crippen molar-refractivity contribution in [3.05, 3.63) is 58.4 Å². The van der Waals surface area contributed by atoms with Crippen molar-refractivity contribution in [2.24, 2.45) is 0 Å². The first kappa shape index (κ1) is 15.1. The van der Waals surface area contributed by atoms with Gasteiger partial charge < -0.3 is 9.47 Å². The molecule has 1 fully saturated rings. The van der Waals surface area contributed by atoms with Gasteiger partial charge in [-0.3, -0.25) is 14.9 Å². The largest absolute Gasteiger partial charge is 0.335 e. The van der Waals surface area contributed by atoms with Gasteiger partial charge in [0.25, 0.3) is 11.6 Å². The van der Waals surface area contributed by atoms with Crippen LogP contribution in [0.4, 0.5) is 10.1 Å². The van der Waals surface area contributed by atoms with Gasteiger partial charge in [0.05, 0.1) is 22.9 Å². The first-order valence-corrected chi connectivity index (χ1v) is 7.27. The molecular weight excluding hydrogens is 303 g/mol. The molecule has 0 aliphatic carbocycles. The number of halogens is 1. The fraction of sp³-hybridized carbons (Fsp3) is 0.333. The lowest BCUT2D eigenvalue weighted by Gasteiger charge is -2.25. The van der Waals surface area contributed by atoms with Gasteiger partial charge in [-0.25, -0.2) is 9.37 Å². The summed E-state index contributed by atoms with van der Waals surface area (Å²) in [5, 5.41) is 10.7. The van der Waals surface area contributed by atoms with E-state index < -0.39 is 16.6 Å². The zero-order chi connectivity index (χ0) is 16.4. The molecular formula is C15H15FN4O3. The summed E-state index contributed by atoms with van der Waals surface area (Å²) in [6.45, 7) is 1.15. The Balaban J connectivity index is 1.80. The standard InChI is InChI=1S/C15H15FN4O3/c16-14-8-11(20(22)23)3-4-13(14)15(21)19-6-1-2-12(19)9-18-7-5-17-10-18/h3-5,7-8,10,12H,1-2,6,9H2/t12-/m1/s1. The maximum Gasteiger partial charge on any atom is 0.272 e. The molecule has 2 aromatic rings. The summed E-state index contributed by atoms with van der Waals surface area (Å²) >= 11 is 0.